The summed E-state index contributed by atoms with van der Waals surface area (Å²) < 4.78 is 1.85. The fraction of sp³-hybridized carbons (Fsp3) is 0.455. The highest BCUT2D eigenvalue weighted by Crippen LogP contribution is 2.28. The fourth-order valence-electron chi connectivity index (χ4n) is 4.61. The van der Waals surface area contributed by atoms with Crippen molar-refractivity contribution in [2.45, 2.75) is 57.4 Å². The molecule has 1 unspecified atom stereocenters. The molecule has 2 aromatic rings. The van der Waals surface area contributed by atoms with E-state index < -0.39 is 29.7 Å². The predicted octanol–water partition coefficient (Wildman–Crippen LogP) is -0.279. The molecule has 1 aromatic carbocycles. The summed E-state index contributed by atoms with van der Waals surface area (Å²) in [6.45, 7) is 2.85. The molecule has 172 valence electrons. The van der Waals surface area contributed by atoms with Gasteiger partial charge in [0.15, 0.2) is 0 Å². The molecule has 0 aliphatic carbocycles. The van der Waals surface area contributed by atoms with E-state index in [9.17, 15) is 19.2 Å². The Bertz CT molecular complexity index is 1120. The minimum atomic E-state index is -0.960. The van der Waals surface area contributed by atoms with E-state index in [2.05, 4.69) is 26.3 Å². The number of benzene rings is 1. The van der Waals surface area contributed by atoms with E-state index in [0.29, 0.717) is 19.1 Å². The zero-order valence-corrected chi connectivity index (χ0v) is 18.0. The minimum Gasteiger partial charge on any atom is -0.312 e. The summed E-state index contributed by atoms with van der Waals surface area (Å²) in [4.78, 5) is 50.2. The maximum absolute atomic E-state index is 12.9. The minimum absolute atomic E-state index is 0.0980. The van der Waals surface area contributed by atoms with E-state index in [0.717, 1.165) is 35.7 Å². The standard InChI is InChI=1S/C22H25N7O4/c30-19-6-5-18(20(31)25-19)29-21(32)16-4-3-13(8-17(16)22(29)33)9-23-10-15-12-28(27-26-15)11-14-2-1-7-24-14/h3-4,8,12,14,18,23-24H,1-2,5-7,9-11H2,(H,25,30,31)/t14-,18?/m0/s1. The van der Waals surface area contributed by atoms with E-state index >= 15 is 0 Å². The molecular weight excluding hydrogens is 426 g/mol. The highest BCUT2D eigenvalue weighted by Gasteiger charge is 2.44. The first-order valence-corrected chi connectivity index (χ1v) is 11.2. The van der Waals surface area contributed by atoms with Crippen LogP contribution in [-0.4, -0.2) is 62.2 Å². The summed E-state index contributed by atoms with van der Waals surface area (Å²) in [5.74, 6) is -2.01. The van der Waals surface area contributed by atoms with Crippen LogP contribution in [0.3, 0.4) is 0 Å². The van der Waals surface area contributed by atoms with Crippen LogP contribution in [0, 0.1) is 0 Å². The number of imide groups is 2. The fourth-order valence-corrected chi connectivity index (χ4v) is 4.61. The van der Waals surface area contributed by atoms with Crippen LogP contribution in [0.15, 0.2) is 24.4 Å². The summed E-state index contributed by atoms with van der Waals surface area (Å²) in [5.41, 5.74) is 2.21. The summed E-state index contributed by atoms with van der Waals surface area (Å²) in [6.07, 6.45) is 4.50. The lowest BCUT2D eigenvalue weighted by Gasteiger charge is -2.27. The Morgan fingerprint density at radius 3 is 2.70 bits per heavy atom. The normalized spacial score (nSPS) is 22.7. The van der Waals surface area contributed by atoms with Crippen molar-refractivity contribution in [2.24, 2.45) is 0 Å². The summed E-state index contributed by atoms with van der Waals surface area (Å²) in [7, 11) is 0. The predicted molar refractivity (Wildman–Crippen MR) is 115 cm³/mol. The first kappa shape index (κ1) is 21.4. The molecule has 2 saturated heterocycles. The molecule has 11 heteroatoms. The molecule has 4 heterocycles. The molecule has 2 atom stereocenters. The van der Waals surface area contributed by atoms with Gasteiger partial charge in [0.1, 0.15) is 6.04 Å². The molecule has 33 heavy (non-hydrogen) atoms. The molecule has 0 spiro atoms. The van der Waals surface area contributed by atoms with Gasteiger partial charge in [-0.1, -0.05) is 11.3 Å². The van der Waals surface area contributed by atoms with E-state index in [1.807, 2.05) is 10.9 Å². The average molecular weight is 451 g/mol. The molecule has 3 aliphatic rings. The lowest BCUT2D eigenvalue weighted by Crippen LogP contribution is -2.54. The summed E-state index contributed by atoms with van der Waals surface area (Å²) in [5, 5.41) is 17.3. The van der Waals surface area contributed by atoms with Crippen LogP contribution in [-0.2, 0) is 29.2 Å². The highest BCUT2D eigenvalue weighted by molar-refractivity contribution is 6.23. The molecule has 0 saturated carbocycles. The van der Waals surface area contributed by atoms with Gasteiger partial charge in [-0.05, 0) is 43.5 Å². The molecule has 3 aliphatic heterocycles. The average Bonchev–Trinajstić information content (AvgIpc) is 3.52. The number of nitrogens with zero attached hydrogens (tertiary/aromatic N) is 4. The van der Waals surface area contributed by atoms with Gasteiger partial charge >= 0.3 is 0 Å². The van der Waals surface area contributed by atoms with Crippen molar-refractivity contribution < 1.29 is 19.2 Å². The summed E-state index contributed by atoms with van der Waals surface area (Å²) >= 11 is 0. The number of aromatic nitrogens is 3. The van der Waals surface area contributed by atoms with Crippen LogP contribution in [0.25, 0.3) is 0 Å². The van der Waals surface area contributed by atoms with Gasteiger partial charge in [-0.15, -0.1) is 5.10 Å². The molecule has 2 fully saturated rings. The van der Waals surface area contributed by atoms with Gasteiger partial charge in [0.05, 0.1) is 23.4 Å². The van der Waals surface area contributed by atoms with Crippen molar-refractivity contribution in [2.75, 3.05) is 6.54 Å². The summed E-state index contributed by atoms with van der Waals surface area (Å²) in [6, 6.07) is 4.56. The van der Waals surface area contributed by atoms with E-state index in [1.54, 1.807) is 18.2 Å². The number of hydrogen-bond donors (Lipinski definition) is 3. The molecule has 0 radical (unpaired) electrons. The maximum atomic E-state index is 12.9. The maximum Gasteiger partial charge on any atom is 0.262 e. The van der Waals surface area contributed by atoms with Crippen molar-refractivity contribution in [1.29, 1.82) is 0 Å². The van der Waals surface area contributed by atoms with Crippen molar-refractivity contribution >= 4 is 23.6 Å². The first-order chi connectivity index (χ1) is 16.0. The number of fused-ring (bicyclic) bond motifs is 1. The third-order valence-corrected chi connectivity index (χ3v) is 6.30. The quantitative estimate of drug-likeness (QED) is 0.489. The Kier molecular flexibility index (Phi) is 5.73. The molecule has 1 aromatic heterocycles. The van der Waals surface area contributed by atoms with E-state index in [1.165, 1.54) is 6.42 Å². The SMILES string of the molecule is O=C1CCC(N2C(=O)c3ccc(CNCc4cn(C[C@@H]5CCCN5)nn4)cc3C2=O)C(=O)N1. The third-order valence-electron chi connectivity index (χ3n) is 6.30. The highest BCUT2D eigenvalue weighted by atomic mass is 16.2. The van der Waals surface area contributed by atoms with Gasteiger partial charge in [-0.2, -0.15) is 0 Å². The van der Waals surface area contributed by atoms with Crippen molar-refractivity contribution in [3.63, 3.8) is 0 Å². The number of nitrogens with one attached hydrogen (secondary N) is 3. The molecule has 3 N–H and O–H groups in total. The third kappa shape index (κ3) is 4.29. The Balaban J connectivity index is 1.20. The lowest BCUT2D eigenvalue weighted by molar-refractivity contribution is -0.136. The molecule has 5 rings (SSSR count). The van der Waals surface area contributed by atoms with Crippen molar-refractivity contribution in [3.8, 4) is 0 Å². The number of carbonyl (C=O) groups is 4. The van der Waals surface area contributed by atoms with Crippen LogP contribution in [0.1, 0.15) is 57.7 Å². The number of carbonyl (C=O) groups excluding carboxylic acids is 4. The van der Waals surface area contributed by atoms with Crippen molar-refractivity contribution in [3.05, 3.63) is 46.8 Å². The van der Waals surface area contributed by atoms with E-state index in [-0.39, 0.29) is 24.0 Å². The number of rotatable bonds is 7. The molecule has 4 amide bonds. The van der Waals surface area contributed by atoms with Gasteiger partial charge in [0, 0.05) is 31.7 Å². The topological polar surface area (TPSA) is 138 Å². The first-order valence-electron chi connectivity index (χ1n) is 11.2. The molecular formula is C22H25N7O4. The van der Waals surface area contributed by atoms with Crippen LogP contribution in [0.5, 0.6) is 0 Å². The molecule has 11 nitrogen and oxygen atoms in total. The Morgan fingerprint density at radius 1 is 1.06 bits per heavy atom. The van der Waals surface area contributed by atoms with Crippen LogP contribution in [0.2, 0.25) is 0 Å². The lowest BCUT2D eigenvalue weighted by atomic mass is 10.0. The van der Waals surface area contributed by atoms with Gasteiger partial charge in [0.2, 0.25) is 11.8 Å². The second-order valence-electron chi connectivity index (χ2n) is 8.66. The Hall–Kier alpha value is -3.44. The second-order valence-corrected chi connectivity index (χ2v) is 8.66. The Morgan fingerprint density at radius 2 is 1.91 bits per heavy atom. The van der Waals surface area contributed by atoms with E-state index in [4.69, 9.17) is 0 Å². The van der Waals surface area contributed by atoms with Gasteiger partial charge in [-0.25, -0.2) is 0 Å². The van der Waals surface area contributed by atoms with Gasteiger partial charge in [-0.3, -0.25) is 34.1 Å². The Labute approximate surface area is 189 Å². The van der Waals surface area contributed by atoms with Crippen LogP contribution in [0.4, 0.5) is 0 Å². The van der Waals surface area contributed by atoms with Crippen LogP contribution < -0.4 is 16.0 Å². The molecule has 0 bridgehead atoms. The number of hydrogen-bond acceptors (Lipinski definition) is 8. The zero-order chi connectivity index (χ0) is 22.9. The van der Waals surface area contributed by atoms with Crippen LogP contribution >= 0.6 is 0 Å². The number of piperidine rings is 1. The monoisotopic (exact) mass is 451 g/mol. The van der Waals surface area contributed by atoms with Crippen molar-refractivity contribution in [1.82, 2.24) is 35.8 Å². The zero-order valence-electron chi connectivity index (χ0n) is 18.0. The number of amides is 4. The van der Waals surface area contributed by atoms with Gasteiger partial charge in [0.25, 0.3) is 11.8 Å². The second kappa shape index (κ2) is 8.83. The smallest absolute Gasteiger partial charge is 0.262 e. The largest absolute Gasteiger partial charge is 0.312 e. The van der Waals surface area contributed by atoms with Gasteiger partial charge < -0.3 is 10.6 Å².